The van der Waals surface area contributed by atoms with Gasteiger partial charge in [0.05, 0.1) is 5.92 Å². The number of carbonyl (C=O) groups excluding carboxylic acids is 1. The van der Waals surface area contributed by atoms with E-state index in [0.29, 0.717) is 17.6 Å². The molecule has 5 nitrogen and oxygen atoms in total. The van der Waals surface area contributed by atoms with Crippen molar-refractivity contribution < 1.29 is 19.4 Å². The number of aliphatic carboxylic acids is 1. The number of esters is 1. The summed E-state index contributed by atoms with van der Waals surface area (Å²) in [6.07, 6.45) is 6.78. The first kappa shape index (κ1) is 24.3. The van der Waals surface area contributed by atoms with Gasteiger partial charge in [0.25, 0.3) is 0 Å². The number of carboxylic acids is 1. The smallest absolute Gasteiger partial charge is 0.354 e. The second kappa shape index (κ2) is 11.5. The summed E-state index contributed by atoms with van der Waals surface area (Å²) in [5.74, 6) is -0.285. The Labute approximate surface area is 195 Å². The van der Waals surface area contributed by atoms with E-state index in [1.165, 1.54) is 5.56 Å². The lowest BCUT2D eigenvalue weighted by molar-refractivity contribution is -0.143. The number of hydrogen-bond acceptors (Lipinski definition) is 4. The number of carboxylic acid groups (broad SMARTS) is 1. The predicted octanol–water partition coefficient (Wildman–Crippen LogP) is 6.15. The zero-order valence-electron chi connectivity index (χ0n) is 19.3. The van der Waals surface area contributed by atoms with Crippen LogP contribution in [0.3, 0.4) is 0 Å². The fourth-order valence-corrected chi connectivity index (χ4v) is 4.71. The largest absolute Gasteiger partial charge is 0.481 e. The predicted molar refractivity (Wildman–Crippen MR) is 128 cm³/mol. The number of aryl methyl sites for hydroxylation is 1. The Bertz CT molecular complexity index is 1020. The van der Waals surface area contributed by atoms with Crippen molar-refractivity contribution in [2.24, 2.45) is 11.8 Å². The summed E-state index contributed by atoms with van der Waals surface area (Å²) < 4.78 is 5.35. The number of ether oxygens (including phenoxy) is 1. The van der Waals surface area contributed by atoms with Crippen LogP contribution in [0.2, 0.25) is 0 Å². The van der Waals surface area contributed by atoms with Crippen LogP contribution in [0.25, 0.3) is 6.08 Å². The van der Waals surface area contributed by atoms with Gasteiger partial charge in [-0.3, -0.25) is 4.79 Å². The molecule has 0 bridgehead atoms. The Hall–Kier alpha value is -3.39. The molecule has 0 spiro atoms. The lowest BCUT2D eigenvalue weighted by Gasteiger charge is -2.32. The molecule has 3 rings (SSSR count). The SMILES string of the molecule is CCc1ccc(OC(=O)C(C#N)=Cc2ccc(C(CC)C3CCC(C(=O)O)CC3)cc2)cc1. The van der Waals surface area contributed by atoms with E-state index in [1.54, 1.807) is 18.2 Å². The third-order valence-corrected chi connectivity index (χ3v) is 6.69. The van der Waals surface area contributed by atoms with E-state index >= 15 is 0 Å². The highest BCUT2D eigenvalue weighted by atomic mass is 16.5. The molecule has 0 heterocycles. The number of nitriles is 1. The Morgan fingerprint density at radius 3 is 2.21 bits per heavy atom. The van der Waals surface area contributed by atoms with Crippen molar-refractivity contribution in [3.63, 3.8) is 0 Å². The highest BCUT2D eigenvalue weighted by Gasteiger charge is 2.30. The highest BCUT2D eigenvalue weighted by Crippen LogP contribution is 2.40. The van der Waals surface area contributed by atoms with E-state index in [0.717, 1.165) is 49.7 Å². The maximum Gasteiger partial charge on any atom is 0.354 e. The van der Waals surface area contributed by atoms with Gasteiger partial charge in [0.1, 0.15) is 17.4 Å². The topological polar surface area (TPSA) is 87.4 Å². The second-order valence-electron chi connectivity index (χ2n) is 8.69. The van der Waals surface area contributed by atoms with Crippen molar-refractivity contribution >= 4 is 18.0 Å². The minimum atomic E-state index is -0.678. The van der Waals surface area contributed by atoms with Gasteiger partial charge in [0.2, 0.25) is 0 Å². The van der Waals surface area contributed by atoms with Crippen molar-refractivity contribution in [2.45, 2.75) is 58.3 Å². The third kappa shape index (κ3) is 6.32. The lowest BCUT2D eigenvalue weighted by Crippen LogP contribution is -2.24. The molecule has 2 aromatic carbocycles. The maximum atomic E-state index is 12.5. The Kier molecular flexibility index (Phi) is 8.43. The molecule has 1 atom stereocenters. The fourth-order valence-electron chi connectivity index (χ4n) is 4.71. The van der Waals surface area contributed by atoms with Gasteiger partial charge < -0.3 is 9.84 Å². The van der Waals surface area contributed by atoms with E-state index in [2.05, 4.69) is 13.8 Å². The average Bonchev–Trinajstić information content (AvgIpc) is 2.84. The molecule has 2 aromatic rings. The minimum absolute atomic E-state index is 0.0543. The zero-order valence-corrected chi connectivity index (χ0v) is 19.3. The molecule has 1 unspecified atom stereocenters. The molecule has 172 valence electrons. The normalized spacial score (nSPS) is 19.4. The summed E-state index contributed by atoms with van der Waals surface area (Å²) in [7, 11) is 0. The molecule has 0 aliphatic heterocycles. The van der Waals surface area contributed by atoms with Gasteiger partial charge in [0, 0.05) is 0 Å². The van der Waals surface area contributed by atoms with Crippen LogP contribution in [0.5, 0.6) is 5.75 Å². The van der Waals surface area contributed by atoms with Gasteiger partial charge >= 0.3 is 11.9 Å². The van der Waals surface area contributed by atoms with E-state index in [-0.39, 0.29) is 11.5 Å². The second-order valence-corrected chi connectivity index (χ2v) is 8.69. The van der Waals surface area contributed by atoms with Gasteiger partial charge in [-0.2, -0.15) is 5.26 Å². The lowest BCUT2D eigenvalue weighted by atomic mass is 9.72. The molecule has 1 aliphatic carbocycles. The molecule has 0 aromatic heterocycles. The molecule has 1 saturated carbocycles. The maximum absolute atomic E-state index is 12.5. The van der Waals surface area contributed by atoms with Crippen LogP contribution in [-0.4, -0.2) is 17.0 Å². The molecule has 0 saturated heterocycles. The molecule has 5 heteroatoms. The fraction of sp³-hybridized carbons (Fsp3) is 0.393. The Morgan fingerprint density at radius 2 is 1.70 bits per heavy atom. The third-order valence-electron chi connectivity index (χ3n) is 6.69. The van der Waals surface area contributed by atoms with Crippen LogP contribution >= 0.6 is 0 Å². The van der Waals surface area contributed by atoms with Gasteiger partial charge in [0.15, 0.2) is 0 Å². The first-order chi connectivity index (χ1) is 15.9. The van der Waals surface area contributed by atoms with Crippen molar-refractivity contribution in [3.05, 3.63) is 70.8 Å². The molecule has 1 fully saturated rings. The number of nitrogens with zero attached hydrogens (tertiary/aromatic N) is 1. The van der Waals surface area contributed by atoms with E-state index < -0.39 is 11.9 Å². The van der Waals surface area contributed by atoms with Crippen molar-refractivity contribution in [3.8, 4) is 11.8 Å². The van der Waals surface area contributed by atoms with E-state index in [4.69, 9.17) is 4.74 Å². The van der Waals surface area contributed by atoms with Crippen LogP contribution in [0.15, 0.2) is 54.1 Å². The summed E-state index contributed by atoms with van der Waals surface area (Å²) in [6, 6.07) is 17.1. The van der Waals surface area contributed by atoms with E-state index in [9.17, 15) is 20.0 Å². The standard InChI is InChI=1S/C28H31NO4/c1-3-19-7-15-25(16-8-19)33-28(32)24(18-29)17-20-5-9-21(10-6-20)26(4-2)22-11-13-23(14-12-22)27(30)31/h5-10,15-17,22-23,26H,3-4,11-14H2,1-2H3,(H,30,31). The van der Waals surface area contributed by atoms with Crippen molar-refractivity contribution in [2.75, 3.05) is 0 Å². The highest BCUT2D eigenvalue weighted by molar-refractivity contribution is 5.99. The quantitative estimate of drug-likeness (QED) is 0.228. The van der Waals surface area contributed by atoms with E-state index in [1.807, 2.05) is 42.5 Å². The van der Waals surface area contributed by atoms with Crippen LogP contribution < -0.4 is 4.74 Å². The van der Waals surface area contributed by atoms with Crippen LogP contribution in [0.4, 0.5) is 0 Å². The first-order valence-corrected chi connectivity index (χ1v) is 11.7. The molecule has 33 heavy (non-hydrogen) atoms. The number of rotatable bonds is 8. The van der Waals surface area contributed by atoms with Crippen LogP contribution in [-0.2, 0) is 16.0 Å². The Morgan fingerprint density at radius 1 is 1.06 bits per heavy atom. The average molecular weight is 446 g/mol. The van der Waals surface area contributed by atoms with Crippen LogP contribution in [0.1, 0.15) is 68.6 Å². The van der Waals surface area contributed by atoms with Crippen molar-refractivity contribution in [1.82, 2.24) is 0 Å². The van der Waals surface area contributed by atoms with Gasteiger partial charge in [-0.1, -0.05) is 50.2 Å². The molecule has 1 aliphatic rings. The number of hydrogen-bond donors (Lipinski definition) is 1. The summed E-state index contributed by atoms with van der Waals surface area (Å²) in [6.45, 7) is 4.22. The zero-order chi connectivity index (χ0) is 23.8. The summed E-state index contributed by atoms with van der Waals surface area (Å²) in [5.41, 5.74) is 3.07. The first-order valence-electron chi connectivity index (χ1n) is 11.7. The molecular weight excluding hydrogens is 414 g/mol. The number of benzene rings is 2. The van der Waals surface area contributed by atoms with Crippen LogP contribution in [0, 0.1) is 23.2 Å². The summed E-state index contributed by atoms with van der Waals surface area (Å²) in [4.78, 5) is 23.7. The molecular formula is C28H31NO4. The Balaban J connectivity index is 1.67. The minimum Gasteiger partial charge on any atom is -0.481 e. The summed E-state index contributed by atoms with van der Waals surface area (Å²) in [5, 5.41) is 18.7. The van der Waals surface area contributed by atoms with Gasteiger partial charge in [-0.25, -0.2) is 4.79 Å². The van der Waals surface area contributed by atoms with Crippen molar-refractivity contribution in [1.29, 1.82) is 5.26 Å². The van der Waals surface area contributed by atoms with Gasteiger partial charge in [-0.15, -0.1) is 0 Å². The summed E-state index contributed by atoms with van der Waals surface area (Å²) >= 11 is 0. The molecule has 0 radical (unpaired) electrons. The number of carbonyl (C=O) groups is 2. The monoisotopic (exact) mass is 445 g/mol. The molecule has 1 N–H and O–H groups in total. The molecule has 0 amide bonds. The van der Waals surface area contributed by atoms with Gasteiger partial charge in [-0.05, 0) is 85.3 Å².